The first-order valence-corrected chi connectivity index (χ1v) is 4.84. The predicted molar refractivity (Wildman–Crippen MR) is 62.6 cm³/mol. The Balaban J connectivity index is 0.000000921. The quantitative estimate of drug-likeness (QED) is 0.773. The van der Waals surface area contributed by atoms with Crippen molar-refractivity contribution in [1.29, 1.82) is 0 Å². The summed E-state index contributed by atoms with van der Waals surface area (Å²) in [5, 5.41) is 0. The van der Waals surface area contributed by atoms with Crippen LogP contribution in [0.3, 0.4) is 0 Å². The molecule has 1 rings (SSSR count). The molecule has 0 aliphatic carbocycles. The van der Waals surface area contributed by atoms with Gasteiger partial charge in [0.15, 0.2) is 0 Å². The molecule has 1 aromatic carbocycles. The van der Waals surface area contributed by atoms with Gasteiger partial charge in [-0.2, -0.15) is 0 Å². The number of carbonyl (C=O) groups excluding carboxylic acids is 1. The van der Waals surface area contributed by atoms with E-state index in [-0.39, 0.29) is 0 Å². The van der Waals surface area contributed by atoms with Gasteiger partial charge in [-0.15, -0.1) is 0 Å². The Kier molecular flexibility index (Phi) is 6.72. The largest absolute Gasteiger partial charge is 0.497 e. The second-order valence-corrected chi connectivity index (χ2v) is 2.51. The maximum atomic E-state index is 10.4. The summed E-state index contributed by atoms with van der Waals surface area (Å²) in [6.45, 7) is 4.00. The summed E-state index contributed by atoms with van der Waals surface area (Å²) >= 11 is 0. The fourth-order valence-electron chi connectivity index (χ4n) is 0.924. The van der Waals surface area contributed by atoms with Crippen molar-refractivity contribution in [3.63, 3.8) is 0 Å². The Labute approximate surface area is 90.6 Å². The van der Waals surface area contributed by atoms with E-state index >= 15 is 0 Å². The van der Waals surface area contributed by atoms with Gasteiger partial charge in [-0.3, -0.25) is 4.79 Å². The van der Waals surface area contributed by atoms with E-state index in [0.717, 1.165) is 11.3 Å². The zero-order valence-electron chi connectivity index (χ0n) is 9.36. The van der Waals surface area contributed by atoms with Crippen molar-refractivity contribution in [3.05, 3.63) is 35.9 Å². The van der Waals surface area contributed by atoms with E-state index in [0.29, 0.717) is 0 Å². The van der Waals surface area contributed by atoms with Crippen LogP contribution in [0.4, 0.5) is 0 Å². The molecule has 0 saturated heterocycles. The normalized spacial score (nSPS) is 9.27. The molecule has 0 bridgehead atoms. The van der Waals surface area contributed by atoms with E-state index in [1.165, 1.54) is 6.08 Å². The summed E-state index contributed by atoms with van der Waals surface area (Å²) < 4.78 is 5.01. The highest BCUT2D eigenvalue weighted by atomic mass is 16.5. The molecule has 0 unspecified atom stereocenters. The van der Waals surface area contributed by atoms with Crippen molar-refractivity contribution in [3.8, 4) is 5.75 Å². The molecule has 0 spiro atoms. The lowest BCUT2D eigenvalue weighted by Crippen LogP contribution is -2.05. The molecular formula is C12H17NO2. The Morgan fingerprint density at radius 3 is 2.60 bits per heavy atom. The van der Waals surface area contributed by atoms with Gasteiger partial charge in [-0.1, -0.05) is 26.0 Å². The third kappa shape index (κ3) is 5.52. The molecule has 0 fully saturated rings. The van der Waals surface area contributed by atoms with Crippen LogP contribution >= 0.6 is 0 Å². The zero-order valence-corrected chi connectivity index (χ0v) is 9.36. The minimum atomic E-state index is -0.456. The fraction of sp³-hybridized carbons (Fsp3) is 0.250. The fourth-order valence-corrected chi connectivity index (χ4v) is 0.924. The Morgan fingerprint density at radius 2 is 2.07 bits per heavy atom. The number of methoxy groups -OCH3 is 1. The molecule has 0 atom stereocenters. The van der Waals surface area contributed by atoms with Gasteiger partial charge in [-0.05, 0) is 23.8 Å². The third-order valence-corrected chi connectivity index (χ3v) is 1.53. The Bertz CT molecular complexity index is 332. The maximum Gasteiger partial charge on any atom is 0.241 e. The summed E-state index contributed by atoms with van der Waals surface area (Å²) in [5.41, 5.74) is 5.84. The number of rotatable bonds is 3. The van der Waals surface area contributed by atoms with Gasteiger partial charge in [-0.25, -0.2) is 0 Å². The highest BCUT2D eigenvalue weighted by molar-refractivity contribution is 5.90. The number of hydrogen-bond donors (Lipinski definition) is 1. The molecule has 0 saturated carbocycles. The lowest BCUT2D eigenvalue weighted by Gasteiger charge is -1.99. The molecule has 0 aliphatic heterocycles. The predicted octanol–water partition coefficient (Wildman–Crippen LogP) is 2.22. The van der Waals surface area contributed by atoms with E-state index in [9.17, 15) is 4.79 Å². The Morgan fingerprint density at radius 1 is 1.40 bits per heavy atom. The second kappa shape index (κ2) is 7.62. The van der Waals surface area contributed by atoms with Crippen LogP contribution < -0.4 is 10.5 Å². The monoisotopic (exact) mass is 207 g/mol. The number of benzene rings is 1. The first-order valence-electron chi connectivity index (χ1n) is 4.84. The summed E-state index contributed by atoms with van der Waals surface area (Å²) in [7, 11) is 1.59. The van der Waals surface area contributed by atoms with Crippen molar-refractivity contribution in [2.45, 2.75) is 13.8 Å². The van der Waals surface area contributed by atoms with Gasteiger partial charge in [0.05, 0.1) is 7.11 Å². The van der Waals surface area contributed by atoms with Crippen LogP contribution in [-0.2, 0) is 4.79 Å². The number of carbonyl (C=O) groups is 1. The molecule has 15 heavy (non-hydrogen) atoms. The highest BCUT2D eigenvalue weighted by Gasteiger charge is 1.91. The molecule has 82 valence electrons. The van der Waals surface area contributed by atoms with Crippen LogP contribution in [0, 0.1) is 0 Å². The molecule has 1 aromatic rings. The SMILES string of the molecule is CC.COc1cccc(/C=C/C(N)=O)c1. The van der Waals surface area contributed by atoms with Crippen molar-refractivity contribution < 1.29 is 9.53 Å². The molecule has 1 amide bonds. The number of primary amides is 1. The number of hydrogen-bond acceptors (Lipinski definition) is 2. The Hall–Kier alpha value is -1.77. The van der Waals surface area contributed by atoms with Gasteiger partial charge < -0.3 is 10.5 Å². The summed E-state index contributed by atoms with van der Waals surface area (Å²) in [6, 6.07) is 7.36. The lowest BCUT2D eigenvalue weighted by atomic mass is 10.2. The van der Waals surface area contributed by atoms with Gasteiger partial charge in [0.2, 0.25) is 5.91 Å². The smallest absolute Gasteiger partial charge is 0.241 e. The standard InChI is InChI=1S/C10H11NO2.C2H6/c1-13-9-4-2-3-8(7-9)5-6-10(11)12;1-2/h2-7H,1H3,(H2,11,12);1-2H3/b6-5+;. The summed E-state index contributed by atoms with van der Waals surface area (Å²) in [5.74, 6) is 0.300. The number of nitrogens with two attached hydrogens (primary N) is 1. The average molecular weight is 207 g/mol. The lowest BCUT2D eigenvalue weighted by molar-refractivity contribution is -0.113. The van der Waals surface area contributed by atoms with Crippen molar-refractivity contribution in [1.82, 2.24) is 0 Å². The van der Waals surface area contributed by atoms with Gasteiger partial charge in [0.25, 0.3) is 0 Å². The topological polar surface area (TPSA) is 52.3 Å². The van der Waals surface area contributed by atoms with E-state index in [4.69, 9.17) is 10.5 Å². The van der Waals surface area contributed by atoms with Crippen molar-refractivity contribution >= 4 is 12.0 Å². The second-order valence-electron chi connectivity index (χ2n) is 2.51. The van der Waals surface area contributed by atoms with E-state index in [1.54, 1.807) is 13.2 Å². The molecular weight excluding hydrogens is 190 g/mol. The van der Waals surface area contributed by atoms with Gasteiger partial charge in [0.1, 0.15) is 5.75 Å². The van der Waals surface area contributed by atoms with Gasteiger partial charge >= 0.3 is 0 Å². The minimum absolute atomic E-state index is 0.456. The van der Waals surface area contributed by atoms with Gasteiger partial charge in [0, 0.05) is 6.08 Å². The van der Waals surface area contributed by atoms with Crippen LogP contribution in [0.25, 0.3) is 6.08 Å². The van der Waals surface area contributed by atoms with Crippen molar-refractivity contribution in [2.75, 3.05) is 7.11 Å². The zero-order chi connectivity index (χ0) is 11.7. The first kappa shape index (κ1) is 13.2. The summed E-state index contributed by atoms with van der Waals surface area (Å²) in [6.07, 6.45) is 2.96. The molecule has 3 nitrogen and oxygen atoms in total. The average Bonchev–Trinajstić information content (AvgIpc) is 2.29. The maximum absolute atomic E-state index is 10.4. The van der Waals surface area contributed by atoms with Crippen LogP contribution in [0.15, 0.2) is 30.3 Å². The molecule has 2 N–H and O–H groups in total. The van der Waals surface area contributed by atoms with Crippen LogP contribution in [0.2, 0.25) is 0 Å². The molecule has 0 aliphatic rings. The molecule has 0 heterocycles. The van der Waals surface area contributed by atoms with Crippen LogP contribution in [0.1, 0.15) is 19.4 Å². The molecule has 0 aromatic heterocycles. The van der Waals surface area contributed by atoms with E-state index in [1.807, 2.05) is 38.1 Å². The van der Waals surface area contributed by atoms with Crippen LogP contribution in [0.5, 0.6) is 5.75 Å². The van der Waals surface area contributed by atoms with Crippen LogP contribution in [-0.4, -0.2) is 13.0 Å². The van der Waals surface area contributed by atoms with E-state index < -0.39 is 5.91 Å². The van der Waals surface area contributed by atoms with E-state index in [2.05, 4.69) is 0 Å². The third-order valence-electron chi connectivity index (χ3n) is 1.53. The molecule has 3 heteroatoms. The van der Waals surface area contributed by atoms with Crippen molar-refractivity contribution in [2.24, 2.45) is 5.73 Å². The minimum Gasteiger partial charge on any atom is -0.497 e. The first-order chi connectivity index (χ1) is 7.22. The highest BCUT2D eigenvalue weighted by Crippen LogP contribution is 2.13. The summed E-state index contributed by atoms with van der Waals surface area (Å²) in [4.78, 5) is 10.4. The number of amides is 1. The number of ether oxygens (including phenoxy) is 1. The molecule has 0 radical (unpaired) electrons.